The number of amides is 1. The van der Waals surface area contributed by atoms with E-state index in [2.05, 4.69) is 5.32 Å². The Labute approximate surface area is 66.2 Å². The highest BCUT2D eigenvalue weighted by molar-refractivity contribution is 6.24. The lowest BCUT2D eigenvalue weighted by atomic mass is 9.95. The summed E-state index contributed by atoms with van der Waals surface area (Å²) in [6.07, 6.45) is 6.89. The average molecular weight is 154 g/mol. The summed E-state index contributed by atoms with van der Waals surface area (Å²) in [6, 6.07) is 0.220. The second kappa shape index (κ2) is 4.11. The van der Waals surface area contributed by atoms with Crippen LogP contribution in [0, 0.1) is 0 Å². The second-order valence-electron chi connectivity index (χ2n) is 2.91. The fraction of sp³-hybridized carbons (Fsp3) is 0.750. The molecule has 1 radical (unpaired) electrons. The van der Waals surface area contributed by atoms with Crippen LogP contribution in [0.15, 0.2) is 0 Å². The lowest BCUT2D eigenvalue weighted by Crippen LogP contribution is -2.36. The van der Waals surface area contributed by atoms with E-state index in [1.807, 2.05) is 0 Å². The van der Waals surface area contributed by atoms with Crippen molar-refractivity contribution in [3.05, 3.63) is 0 Å². The van der Waals surface area contributed by atoms with Crippen LogP contribution < -0.4 is 5.32 Å². The van der Waals surface area contributed by atoms with Crippen molar-refractivity contribution in [2.75, 3.05) is 0 Å². The summed E-state index contributed by atoms with van der Waals surface area (Å²) in [5, 5.41) is 2.61. The molecule has 0 unspecified atom stereocenters. The van der Waals surface area contributed by atoms with Crippen molar-refractivity contribution in [3.63, 3.8) is 0 Å². The van der Waals surface area contributed by atoms with Gasteiger partial charge in [0.15, 0.2) is 0 Å². The smallest absolute Gasteiger partial charge is 0.296 e. The molecule has 3 nitrogen and oxygen atoms in total. The predicted octanol–water partition coefficient (Wildman–Crippen LogP) is 0.545. The third kappa shape index (κ3) is 2.70. The van der Waals surface area contributed by atoms with E-state index in [0.29, 0.717) is 0 Å². The van der Waals surface area contributed by atoms with Crippen LogP contribution in [0.2, 0.25) is 0 Å². The van der Waals surface area contributed by atoms with Gasteiger partial charge in [-0.05, 0) is 12.8 Å². The molecule has 3 heteroatoms. The molecule has 0 aromatic rings. The molecule has 0 heterocycles. The lowest BCUT2D eigenvalue weighted by molar-refractivity contribution is -0.115. The normalized spacial score (nSPS) is 19.3. The first-order chi connectivity index (χ1) is 5.33. The highest BCUT2D eigenvalue weighted by Crippen LogP contribution is 2.16. The SMILES string of the molecule is O=[C]C(=O)NC1CCCCC1. The van der Waals surface area contributed by atoms with Gasteiger partial charge in [0.25, 0.3) is 12.2 Å². The van der Waals surface area contributed by atoms with E-state index in [-0.39, 0.29) is 6.04 Å². The monoisotopic (exact) mass is 154 g/mol. The van der Waals surface area contributed by atoms with Crippen molar-refractivity contribution in [3.8, 4) is 0 Å². The first-order valence-corrected chi connectivity index (χ1v) is 4.01. The molecule has 1 amide bonds. The Morgan fingerprint density at radius 2 is 1.91 bits per heavy atom. The van der Waals surface area contributed by atoms with Gasteiger partial charge < -0.3 is 5.32 Å². The molecule has 0 saturated heterocycles. The molecule has 0 spiro atoms. The van der Waals surface area contributed by atoms with Crippen LogP contribution in [0.4, 0.5) is 0 Å². The first-order valence-electron chi connectivity index (χ1n) is 4.01. The van der Waals surface area contributed by atoms with E-state index >= 15 is 0 Å². The number of nitrogens with one attached hydrogen (secondary N) is 1. The van der Waals surface area contributed by atoms with Gasteiger partial charge in [-0.15, -0.1) is 0 Å². The summed E-state index contributed by atoms with van der Waals surface area (Å²) in [6.45, 7) is 0. The standard InChI is InChI=1S/C8H12NO2/c10-6-8(11)9-7-4-2-1-3-5-7/h7H,1-5H2,(H,9,11). The molecule has 1 aliphatic carbocycles. The van der Waals surface area contributed by atoms with E-state index in [4.69, 9.17) is 0 Å². The van der Waals surface area contributed by atoms with Crippen LogP contribution in [0.1, 0.15) is 32.1 Å². The highest BCUT2D eigenvalue weighted by atomic mass is 16.2. The minimum absolute atomic E-state index is 0.220. The maximum absolute atomic E-state index is 10.5. The Hall–Kier alpha value is -0.860. The van der Waals surface area contributed by atoms with Gasteiger partial charge in [-0.1, -0.05) is 19.3 Å². The molecule has 11 heavy (non-hydrogen) atoms. The van der Waals surface area contributed by atoms with Crippen LogP contribution in [-0.4, -0.2) is 18.2 Å². The first kappa shape index (κ1) is 8.24. The number of carbonyl (C=O) groups excluding carboxylic acids is 2. The minimum atomic E-state index is -0.600. The fourth-order valence-corrected chi connectivity index (χ4v) is 1.46. The molecule has 0 atom stereocenters. The van der Waals surface area contributed by atoms with E-state index in [0.717, 1.165) is 25.7 Å². The van der Waals surface area contributed by atoms with Crippen molar-refractivity contribution in [1.82, 2.24) is 5.32 Å². The highest BCUT2D eigenvalue weighted by Gasteiger charge is 2.14. The van der Waals surface area contributed by atoms with E-state index < -0.39 is 5.91 Å². The summed E-state index contributed by atoms with van der Waals surface area (Å²) in [5.74, 6) is -0.600. The van der Waals surface area contributed by atoms with Crippen LogP contribution in [0.3, 0.4) is 0 Å². The summed E-state index contributed by atoms with van der Waals surface area (Å²) in [7, 11) is 0. The quantitative estimate of drug-likeness (QED) is 0.590. The molecule has 1 N–H and O–H groups in total. The molecular weight excluding hydrogens is 142 g/mol. The van der Waals surface area contributed by atoms with Gasteiger partial charge in [0.05, 0.1) is 0 Å². The Kier molecular flexibility index (Phi) is 3.08. The average Bonchev–Trinajstić information content (AvgIpc) is 2.06. The van der Waals surface area contributed by atoms with Gasteiger partial charge in [-0.2, -0.15) is 0 Å². The number of rotatable bonds is 2. The van der Waals surface area contributed by atoms with Gasteiger partial charge in [-0.3, -0.25) is 9.59 Å². The van der Waals surface area contributed by atoms with Crippen LogP contribution in [0.5, 0.6) is 0 Å². The third-order valence-corrected chi connectivity index (χ3v) is 2.03. The number of hydrogen-bond acceptors (Lipinski definition) is 2. The fourth-order valence-electron chi connectivity index (χ4n) is 1.46. The zero-order valence-corrected chi connectivity index (χ0v) is 6.43. The molecular formula is C8H12NO2. The summed E-state index contributed by atoms with van der Waals surface area (Å²) >= 11 is 0. The predicted molar refractivity (Wildman–Crippen MR) is 40.7 cm³/mol. The molecule has 0 bridgehead atoms. The molecule has 61 valence electrons. The Bertz CT molecular complexity index is 150. The maximum Gasteiger partial charge on any atom is 0.296 e. The second-order valence-corrected chi connectivity index (χ2v) is 2.91. The molecule has 0 aromatic carbocycles. The van der Waals surface area contributed by atoms with Crippen LogP contribution >= 0.6 is 0 Å². The molecule has 0 aromatic heterocycles. The van der Waals surface area contributed by atoms with Crippen molar-refractivity contribution >= 4 is 12.2 Å². The maximum atomic E-state index is 10.5. The molecule has 1 fully saturated rings. The summed E-state index contributed by atoms with van der Waals surface area (Å²) in [4.78, 5) is 20.4. The van der Waals surface area contributed by atoms with Crippen molar-refractivity contribution in [2.24, 2.45) is 0 Å². The minimum Gasteiger partial charge on any atom is -0.346 e. The molecule has 0 aliphatic heterocycles. The van der Waals surface area contributed by atoms with Gasteiger partial charge in [0.1, 0.15) is 0 Å². The van der Waals surface area contributed by atoms with Crippen LogP contribution in [-0.2, 0) is 9.59 Å². The number of hydrogen-bond donors (Lipinski definition) is 1. The molecule has 1 aliphatic rings. The van der Waals surface area contributed by atoms with E-state index in [9.17, 15) is 9.59 Å². The Morgan fingerprint density at radius 3 is 2.45 bits per heavy atom. The van der Waals surface area contributed by atoms with Crippen molar-refractivity contribution in [2.45, 2.75) is 38.1 Å². The van der Waals surface area contributed by atoms with E-state index in [1.54, 1.807) is 0 Å². The van der Waals surface area contributed by atoms with Gasteiger partial charge in [0, 0.05) is 6.04 Å². The van der Waals surface area contributed by atoms with Crippen molar-refractivity contribution < 1.29 is 9.59 Å². The van der Waals surface area contributed by atoms with Gasteiger partial charge in [0.2, 0.25) is 0 Å². The zero-order valence-electron chi connectivity index (χ0n) is 6.43. The lowest BCUT2D eigenvalue weighted by Gasteiger charge is -2.21. The summed E-state index contributed by atoms with van der Waals surface area (Å²) < 4.78 is 0. The third-order valence-electron chi connectivity index (χ3n) is 2.03. The van der Waals surface area contributed by atoms with Crippen LogP contribution in [0.25, 0.3) is 0 Å². The summed E-state index contributed by atoms with van der Waals surface area (Å²) in [5.41, 5.74) is 0. The molecule has 1 rings (SSSR count). The van der Waals surface area contributed by atoms with Gasteiger partial charge >= 0.3 is 0 Å². The Morgan fingerprint density at radius 1 is 1.27 bits per heavy atom. The topological polar surface area (TPSA) is 46.2 Å². The van der Waals surface area contributed by atoms with Crippen molar-refractivity contribution in [1.29, 1.82) is 0 Å². The largest absolute Gasteiger partial charge is 0.346 e. The van der Waals surface area contributed by atoms with E-state index in [1.165, 1.54) is 12.7 Å². The zero-order chi connectivity index (χ0) is 8.10. The van der Waals surface area contributed by atoms with Gasteiger partial charge in [-0.25, -0.2) is 0 Å². The molecule has 1 saturated carbocycles. The Balaban J connectivity index is 2.24. The number of carbonyl (C=O) groups is 1.